The van der Waals surface area contributed by atoms with Gasteiger partial charge in [-0.15, -0.1) is 0 Å². The minimum Gasteiger partial charge on any atom is -0.381 e. The second-order valence-electron chi connectivity index (χ2n) is 8.06. The Kier molecular flexibility index (Phi) is 4.69. The highest BCUT2D eigenvalue weighted by atomic mass is 16.5. The van der Waals surface area contributed by atoms with Gasteiger partial charge in [0, 0.05) is 38.4 Å². The van der Waals surface area contributed by atoms with Crippen LogP contribution in [0.25, 0.3) is 0 Å². The quantitative estimate of drug-likeness (QED) is 0.902. The number of carbonyl (C=O) groups excluding carboxylic acids is 2. The summed E-state index contributed by atoms with van der Waals surface area (Å²) in [6, 6.07) is 3.75. The van der Waals surface area contributed by atoms with Crippen LogP contribution < -0.4 is 5.32 Å². The molecule has 2 saturated heterocycles. The summed E-state index contributed by atoms with van der Waals surface area (Å²) in [6.45, 7) is 4.82. The van der Waals surface area contributed by atoms with E-state index in [4.69, 9.17) is 4.74 Å². The molecule has 1 aromatic rings. The molecule has 26 heavy (non-hydrogen) atoms. The molecule has 1 aromatic heterocycles. The lowest BCUT2D eigenvalue weighted by atomic mass is 9.92. The smallest absolute Gasteiger partial charge is 0.230 e. The summed E-state index contributed by atoms with van der Waals surface area (Å²) in [6.07, 6.45) is 6.45. The topological polar surface area (TPSA) is 71.5 Å². The molecule has 2 amide bonds. The number of amides is 2. The molecule has 0 aromatic carbocycles. The molecule has 0 bridgehead atoms. The first-order chi connectivity index (χ1) is 12.6. The van der Waals surface area contributed by atoms with Crippen molar-refractivity contribution in [3.8, 4) is 0 Å². The summed E-state index contributed by atoms with van der Waals surface area (Å²) < 4.78 is 5.45. The summed E-state index contributed by atoms with van der Waals surface area (Å²) in [5, 5.41) is 2.90. The summed E-state index contributed by atoms with van der Waals surface area (Å²) in [5.41, 5.74) is 1.25. The van der Waals surface area contributed by atoms with Gasteiger partial charge in [-0.2, -0.15) is 0 Å². The maximum Gasteiger partial charge on any atom is 0.230 e. The van der Waals surface area contributed by atoms with Crippen molar-refractivity contribution in [1.29, 1.82) is 0 Å². The Morgan fingerprint density at radius 2 is 2.12 bits per heavy atom. The molecule has 6 nitrogen and oxygen atoms in total. The van der Waals surface area contributed by atoms with Crippen LogP contribution >= 0.6 is 0 Å². The molecule has 2 unspecified atom stereocenters. The normalized spacial score (nSPS) is 27.2. The first-order valence-corrected chi connectivity index (χ1v) is 9.67. The predicted octanol–water partition coefficient (Wildman–Crippen LogP) is 2.38. The molecular formula is C20H27N3O3. The zero-order valence-electron chi connectivity index (χ0n) is 15.4. The SMILES string of the molecule is Cc1ccc(NC(=O)C2CCCN(C(=O)C3CC34CCOCC4)C2)nc1. The molecule has 3 aliphatic rings. The average Bonchev–Trinajstić information content (AvgIpc) is 3.36. The van der Waals surface area contributed by atoms with Crippen molar-refractivity contribution in [2.24, 2.45) is 17.3 Å². The van der Waals surface area contributed by atoms with Gasteiger partial charge in [0.15, 0.2) is 0 Å². The molecule has 3 fully saturated rings. The van der Waals surface area contributed by atoms with E-state index in [0.29, 0.717) is 12.4 Å². The van der Waals surface area contributed by atoms with Crippen molar-refractivity contribution in [2.45, 2.75) is 39.0 Å². The molecule has 2 atom stereocenters. The van der Waals surface area contributed by atoms with Crippen LogP contribution in [0.3, 0.4) is 0 Å². The number of nitrogens with one attached hydrogen (secondary N) is 1. The predicted molar refractivity (Wildman–Crippen MR) is 97.5 cm³/mol. The summed E-state index contributed by atoms with van der Waals surface area (Å²) in [5.74, 6) is 0.785. The van der Waals surface area contributed by atoms with Crippen LogP contribution in [0.4, 0.5) is 5.82 Å². The second kappa shape index (κ2) is 6.99. The molecule has 1 N–H and O–H groups in total. The Labute approximate surface area is 154 Å². The van der Waals surface area contributed by atoms with Gasteiger partial charge in [-0.25, -0.2) is 4.98 Å². The van der Waals surface area contributed by atoms with E-state index < -0.39 is 0 Å². The molecule has 3 heterocycles. The fraction of sp³-hybridized carbons (Fsp3) is 0.650. The van der Waals surface area contributed by atoms with E-state index in [1.165, 1.54) is 0 Å². The van der Waals surface area contributed by atoms with Crippen molar-refractivity contribution in [1.82, 2.24) is 9.88 Å². The molecule has 4 rings (SSSR count). The number of aromatic nitrogens is 1. The Balaban J connectivity index is 1.34. The van der Waals surface area contributed by atoms with Crippen molar-refractivity contribution < 1.29 is 14.3 Å². The Morgan fingerprint density at radius 3 is 2.85 bits per heavy atom. The van der Waals surface area contributed by atoms with Crippen LogP contribution in [0.2, 0.25) is 0 Å². The van der Waals surface area contributed by atoms with Crippen LogP contribution in [0.1, 0.15) is 37.7 Å². The molecule has 2 aliphatic heterocycles. The third kappa shape index (κ3) is 3.47. The number of hydrogen-bond donors (Lipinski definition) is 1. The molecule has 0 radical (unpaired) electrons. The summed E-state index contributed by atoms with van der Waals surface area (Å²) in [4.78, 5) is 31.7. The van der Waals surface area contributed by atoms with Gasteiger partial charge in [0.1, 0.15) is 5.82 Å². The molecule has 6 heteroatoms. The number of hydrogen-bond acceptors (Lipinski definition) is 4. The van der Waals surface area contributed by atoms with E-state index in [0.717, 1.165) is 57.4 Å². The van der Waals surface area contributed by atoms with Gasteiger partial charge in [-0.1, -0.05) is 6.07 Å². The Morgan fingerprint density at radius 1 is 1.31 bits per heavy atom. The monoisotopic (exact) mass is 357 g/mol. The highest BCUT2D eigenvalue weighted by Crippen LogP contribution is 2.59. The lowest BCUT2D eigenvalue weighted by molar-refractivity contribution is -0.137. The maximum atomic E-state index is 12.9. The number of piperidine rings is 1. The van der Waals surface area contributed by atoms with E-state index in [1.54, 1.807) is 6.20 Å². The first kappa shape index (κ1) is 17.5. The number of aryl methyl sites for hydroxylation is 1. The van der Waals surface area contributed by atoms with Gasteiger partial charge in [-0.3, -0.25) is 9.59 Å². The highest BCUT2D eigenvalue weighted by molar-refractivity contribution is 5.92. The van der Waals surface area contributed by atoms with Crippen LogP contribution in [-0.2, 0) is 14.3 Å². The fourth-order valence-corrected chi connectivity index (χ4v) is 4.41. The van der Waals surface area contributed by atoms with E-state index in [1.807, 2.05) is 24.0 Å². The number of pyridine rings is 1. The first-order valence-electron chi connectivity index (χ1n) is 9.67. The van der Waals surface area contributed by atoms with E-state index in [2.05, 4.69) is 10.3 Å². The maximum absolute atomic E-state index is 12.9. The van der Waals surface area contributed by atoms with Crippen molar-refractivity contribution >= 4 is 17.6 Å². The minimum atomic E-state index is -0.153. The number of anilines is 1. The van der Waals surface area contributed by atoms with Gasteiger partial charge >= 0.3 is 0 Å². The number of ether oxygens (including phenoxy) is 1. The Bertz CT molecular complexity index is 682. The van der Waals surface area contributed by atoms with Gasteiger partial charge < -0.3 is 15.0 Å². The molecule has 1 aliphatic carbocycles. The summed E-state index contributed by atoms with van der Waals surface area (Å²) in [7, 11) is 0. The van der Waals surface area contributed by atoms with Gasteiger partial charge in [0.05, 0.1) is 5.92 Å². The van der Waals surface area contributed by atoms with E-state index in [-0.39, 0.29) is 29.1 Å². The highest BCUT2D eigenvalue weighted by Gasteiger charge is 2.59. The molecular weight excluding hydrogens is 330 g/mol. The van der Waals surface area contributed by atoms with E-state index in [9.17, 15) is 9.59 Å². The van der Waals surface area contributed by atoms with Gasteiger partial charge in [-0.05, 0) is 56.1 Å². The number of likely N-dealkylation sites (tertiary alicyclic amines) is 1. The van der Waals surface area contributed by atoms with Crippen molar-refractivity contribution in [2.75, 3.05) is 31.6 Å². The number of rotatable bonds is 3. The largest absolute Gasteiger partial charge is 0.381 e. The average molecular weight is 357 g/mol. The molecule has 1 saturated carbocycles. The number of nitrogens with zero attached hydrogens (tertiary/aromatic N) is 2. The molecule has 1 spiro atoms. The van der Waals surface area contributed by atoms with E-state index >= 15 is 0 Å². The molecule has 140 valence electrons. The van der Waals surface area contributed by atoms with Crippen LogP contribution in [0.5, 0.6) is 0 Å². The lowest BCUT2D eigenvalue weighted by Crippen LogP contribution is -2.45. The summed E-state index contributed by atoms with van der Waals surface area (Å²) >= 11 is 0. The second-order valence-corrected chi connectivity index (χ2v) is 8.06. The van der Waals surface area contributed by atoms with Crippen LogP contribution in [-0.4, -0.2) is 48.0 Å². The zero-order valence-corrected chi connectivity index (χ0v) is 15.4. The zero-order chi connectivity index (χ0) is 18.1. The van der Waals surface area contributed by atoms with Crippen molar-refractivity contribution in [3.05, 3.63) is 23.9 Å². The Hall–Kier alpha value is -1.95. The minimum absolute atomic E-state index is 0.0320. The number of carbonyl (C=O) groups is 2. The third-order valence-corrected chi connectivity index (χ3v) is 6.24. The van der Waals surface area contributed by atoms with Gasteiger partial charge in [0.2, 0.25) is 11.8 Å². The van der Waals surface area contributed by atoms with Gasteiger partial charge in [0.25, 0.3) is 0 Å². The third-order valence-electron chi connectivity index (χ3n) is 6.24. The standard InChI is InChI=1S/C20H27N3O3/c1-14-4-5-17(21-12-14)22-18(24)15-3-2-8-23(13-15)19(25)16-11-20(16)6-9-26-10-7-20/h4-5,12,15-16H,2-3,6-11,13H2,1H3,(H,21,22,24). The fourth-order valence-electron chi connectivity index (χ4n) is 4.41. The lowest BCUT2D eigenvalue weighted by Gasteiger charge is -2.33. The van der Waals surface area contributed by atoms with Crippen molar-refractivity contribution in [3.63, 3.8) is 0 Å². The van der Waals surface area contributed by atoms with Crippen LogP contribution in [0, 0.1) is 24.2 Å². The van der Waals surface area contributed by atoms with Crippen LogP contribution in [0.15, 0.2) is 18.3 Å².